The highest BCUT2D eigenvalue weighted by molar-refractivity contribution is 5.78. The van der Waals surface area contributed by atoms with E-state index in [4.69, 9.17) is 10.5 Å². The summed E-state index contributed by atoms with van der Waals surface area (Å²) in [5, 5.41) is 0. The van der Waals surface area contributed by atoms with Gasteiger partial charge in [-0.3, -0.25) is 4.79 Å². The van der Waals surface area contributed by atoms with Gasteiger partial charge in [-0.2, -0.15) is 0 Å². The lowest BCUT2D eigenvalue weighted by Crippen LogP contribution is -2.41. The van der Waals surface area contributed by atoms with Crippen molar-refractivity contribution in [1.82, 2.24) is 4.90 Å². The molecule has 2 N–H and O–H groups in total. The first-order valence-electron chi connectivity index (χ1n) is 5.06. The Morgan fingerprint density at radius 3 is 3.00 bits per heavy atom. The van der Waals surface area contributed by atoms with E-state index < -0.39 is 0 Å². The maximum absolute atomic E-state index is 13.5. The Labute approximate surface area is 92.8 Å². The summed E-state index contributed by atoms with van der Waals surface area (Å²) in [7, 11) is 0. The minimum atomic E-state index is -0.376. The van der Waals surface area contributed by atoms with Crippen LogP contribution in [0, 0.1) is 5.82 Å². The van der Waals surface area contributed by atoms with Gasteiger partial charge in [-0.25, -0.2) is 4.39 Å². The van der Waals surface area contributed by atoms with Crippen LogP contribution >= 0.6 is 0 Å². The van der Waals surface area contributed by atoms with Crippen molar-refractivity contribution >= 4 is 11.6 Å². The Morgan fingerprint density at radius 2 is 2.31 bits per heavy atom. The van der Waals surface area contributed by atoms with Gasteiger partial charge in [0.1, 0.15) is 12.4 Å². The van der Waals surface area contributed by atoms with Crippen molar-refractivity contribution in [2.45, 2.75) is 6.54 Å². The second kappa shape index (κ2) is 4.49. The number of nitrogens with zero attached hydrogens (tertiary/aromatic N) is 1. The highest BCUT2D eigenvalue weighted by Crippen LogP contribution is 2.15. The zero-order valence-electron chi connectivity index (χ0n) is 8.78. The molecule has 1 heterocycles. The molecule has 1 aliphatic rings. The third-order valence-corrected chi connectivity index (χ3v) is 2.52. The summed E-state index contributed by atoms with van der Waals surface area (Å²) >= 11 is 0. The molecule has 0 unspecified atom stereocenters. The number of amides is 1. The summed E-state index contributed by atoms with van der Waals surface area (Å²) in [5.74, 6) is -0.484. The normalized spacial score (nSPS) is 16.6. The van der Waals surface area contributed by atoms with E-state index in [1.165, 1.54) is 6.07 Å². The topological polar surface area (TPSA) is 55.6 Å². The van der Waals surface area contributed by atoms with Crippen molar-refractivity contribution in [2.75, 3.05) is 25.5 Å². The van der Waals surface area contributed by atoms with Crippen LogP contribution in [0.3, 0.4) is 0 Å². The van der Waals surface area contributed by atoms with Crippen molar-refractivity contribution in [2.24, 2.45) is 0 Å². The minimum Gasteiger partial charge on any atom is -0.399 e. The van der Waals surface area contributed by atoms with Gasteiger partial charge < -0.3 is 15.4 Å². The number of halogens is 1. The predicted molar refractivity (Wildman–Crippen MR) is 57.0 cm³/mol. The first-order valence-corrected chi connectivity index (χ1v) is 5.06. The molecule has 1 aliphatic heterocycles. The van der Waals surface area contributed by atoms with Crippen molar-refractivity contribution in [1.29, 1.82) is 0 Å². The molecular weight excluding hydrogens is 211 g/mol. The first kappa shape index (κ1) is 10.9. The first-order chi connectivity index (χ1) is 7.66. The largest absolute Gasteiger partial charge is 0.399 e. The van der Waals surface area contributed by atoms with Gasteiger partial charge in [-0.1, -0.05) is 6.07 Å². The van der Waals surface area contributed by atoms with Crippen LogP contribution in [-0.4, -0.2) is 30.6 Å². The lowest BCUT2D eigenvalue weighted by atomic mass is 10.1. The second-order valence-electron chi connectivity index (χ2n) is 3.72. The smallest absolute Gasteiger partial charge is 0.248 e. The van der Waals surface area contributed by atoms with Crippen molar-refractivity contribution in [3.63, 3.8) is 0 Å². The molecule has 1 aromatic rings. The molecule has 0 spiro atoms. The van der Waals surface area contributed by atoms with Crippen molar-refractivity contribution in [3.05, 3.63) is 29.6 Å². The van der Waals surface area contributed by atoms with Crippen LogP contribution in [0.4, 0.5) is 10.1 Å². The number of ether oxygens (including phenoxy) is 1. The average Bonchev–Trinajstić information content (AvgIpc) is 2.25. The molecule has 0 saturated carbocycles. The predicted octanol–water partition coefficient (Wildman–Crippen LogP) is 0.767. The third kappa shape index (κ3) is 2.30. The molecule has 1 saturated heterocycles. The molecule has 1 fully saturated rings. The van der Waals surface area contributed by atoms with E-state index in [0.717, 1.165) is 0 Å². The molecule has 4 nitrogen and oxygen atoms in total. The fraction of sp³-hybridized carbons (Fsp3) is 0.364. The molecule has 86 valence electrons. The van der Waals surface area contributed by atoms with E-state index in [9.17, 15) is 9.18 Å². The molecule has 16 heavy (non-hydrogen) atoms. The molecule has 2 rings (SSSR count). The maximum atomic E-state index is 13.5. The summed E-state index contributed by atoms with van der Waals surface area (Å²) in [6, 6.07) is 4.50. The van der Waals surface area contributed by atoms with Gasteiger partial charge in [-0.15, -0.1) is 0 Å². The fourth-order valence-electron chi connectivity index (χ4n) is 1.61. The molecule has 0 aliphatic carbocycles. The van der Waals surface area contributed by atoms with Crippen molar-refractivity contribution < 1.29 is 13.9 Å². The van der Waals surface area contributed by atoms with Crippen LogP contribution in [-0.2, 0) is 16.1 Å². The van der Waals surface area contributed by atoms with Crippen molar-refractivity contribution in [3.8, 4) is 0 Å². The number of carbonyl (C=O) groups is 1. The lowest BCUT2D eigenvalue weighted by molar-refractivity contribution is -0.143. The van der Waals surface area contributed by atoms with Gasteiger partial charge in [0.05, 0.1) is 6.61 Å². The highest BCUT2D eigenvalue weighted by Gasteiger charge is 2.19. The maximum Gasteiger partial charge on any atom is 0.248 e. The minimum absolute atomic E-state index is 0.0800. The molecule has 1 amide bonds. The quantitative estimate of drug-likeness (QED) is 0.755. The van der Waals surface area contributed by atoms with E-state index in [-0.39, 0.29) is 24.9 Å². The summed E-state index contributed by atoms with van der Waals surface area (Å²) in [5.41, 5.74) is 6.31. The van der Waals surface area contributed by atoms with Gasteiger partial charge in [0, 0.05) is 24.3 Å². The number of rotatable bonds is 2. The Hall–Kier alpha value is -1.62. The molecular formula is C11H13FN2O2. The van der Waals surface area contributed by atoms with Gasteiger partial charge in [0.2, 0.25) is 5.91 Å². The number of nitrogens with two attached hydrogens (primary N) is 1. The average molecular weight is 224 g/mol. The van der Waals surface area contributed by atoms with Gasteiger partial charge in [0.15, 0.2) is 0 Å². The summed E-state index contributed by atoms with van der Waals surface area (Å²) < 4.78 is 18.5. The molecule has 5 heteroatoms. The van der Waals surface area contributed by atoms with E-state index in [0.29, 0.717) is 24.4 Å². The number of carbonyl (C=O) groups excluding carboxylic acids is 1. The van der Waals surface area contributed by atoms with E-state index in [1.807, 2.05) is 0 Å². The zero-order chi connectivity index (χ0) is 11.5. The van der Waals surface area contributed by atoms with E-state index in [2.05, 4.69) is 0 Å². The van der Waals surface area contributed by atoms with Gasteiger partial charge in [-0.05, 0) is 12.1 Å². The standard InChI is InChI=1S/C11H13FN2O2/c12-10-5-9(13)2-1-8(10)6-14-3-4-16-7-11(14)15/h1-2,5H,3-4,6-7,13H2. The van der Waals surface area contributed by atoms with Crippen LogP contribution in [0.15, 0.2) is 18.2 Å². The monoisotopic (exact) mass is 224 g/mol. The van der Waals surface area contributed by atoms with Gasteiger partial charge in [0.25, 0.3) is 0 Å². The fourth-order valence-corrected chi connectivity index (χ4v) is 1.61. The van der Waals surface area contributed by atoms with E-state index >= 15 is 0 Å². The lowest BCUT2D eigenvalue weighted by Gasteiger charge is -2.26. The number of benzene rings is 1. The highest BCUT2D eigenvalue weighted by atomic mass is 19.1. The Kier molecular flexibility index (Phi) is 3.05. The number of morpholine rings is 1. The van der Waals surface area contributed by atoms with Crippen LogP contribution in [0.25, 0.3) is 0 Å². The summed E-state index contributed by atoms with van der Waals surface area (Å²) in [4.78, 5) is 13.0. The number of hydrogen-bond donors (Lipinski definition) is 1. The zero-order valence-corrected chi connectivity index (χ0v) is 8.78. The number of nitrogen functional groups attached to an aromatic ring is 1. The second-order valence-corrected chi connectivity index (χ2v) is 3.72. The SMILES string of the molecule is Nc1ccc(CN2CCOCC2=O)c(F)c1. The molecule has 0 bridgehead atoms. The number of hydrogen-bond acceptors (Lipinski definition) is 3. The Morgan fingerprint density at radius 1 is 1.50 bits per heavy atom. The van der Waals surface area contributed by atoms with Crippen LogP contribution in [0.5, 0.6) is 0 Å². The molecule has 0 atom stereocenters. The van der Waals surface area contributed by atoms with Crippen LogP contribution in [0.2, 0.25) is 0 Å². The van der Waals surface area contributed by atoms with Gasteiger partial charge >= 0.3 is 0 Å². The third-order valence-electron chi connectivity index (χ3n) is 2.52. The summed E-state index contributed by atoms with van der Waals surface area (Å²) in [6.07, 6.45) is 0. The van der Waals surface area contributed by atoms with E-state index in [1.54, 1.807) is 17.0 Å². The molecule has 1 aromatic carbocycles. The van der Waals surface area contributed by atoms with Crippen LogP contribution in [0.1, 0.15) is 5.56 Å². The molecule has 0 aromatic heterocycles. The summed E-state index contributed by atoms with van der Waals surface area (Å²) in [6.45, 7) is 1.36. The number of anilines is 1. The molecule has 0 radical (unpaired) electrons. The Bertz CT molecular complexity index is 409. The Balaban J connectivity index is 2.10. The van der Waals surface area contributed by atoms with Crippen LogP contribution < -0.4 is 5.73 Å².